The van der Waals surface area contributed by atoms with Crippen molar-refractivity contribution in [3.8, 4) is 0 Å². The smallest absolute Gasteiger partial charge is 0.243 e. The summed E-state index contributed by atoms with van der Waals surface area (Å²) < 4.78 is 27.4. The fourth-order valence-corrected chi connectivity index (χ4v) is 6.10. The van der Waals surface area contributed by atoms with Gasteiger partial charge in [-0.25, -0.2) is 8.42 Å². The third-order valence-corrected chi connectivity index (χ3v) is 8.53. The quantitative estimate of drug-likeness (QED) is 0.693. The average molecular weight is 431 g/mol. The molecule has 0 aromatic heterocycles. The number of sulfonamides is 1. The van der Waals surface area contributed by atoms with E-state index in [-0.39, 0.29) is 11.8 Å². The third-order valence-electron chi connectivity index (χ3n) is 5.88. The highest BCUT2D eigenvalue weighted by atomic mass is 32.2. The topological polar surface area (TPSA) is 57.7 Å². The van der Waals surface area contributed by atoms with Crippen molar-refractivity contribution in [2.75, 3.05) is 30.8 Å². The number of fused-ring (bicyclic) bond motifs is 1. The molecule has 0 aliphatic carbocycles. The molecule has 2 aliphatic heterocycles. The molecule has 29 heavy (non-hydrogen) atoms. The maximum Gasteiger partial charge on any atom is 0.243 e. The summed E-state index contributed by atoms with van der Waals surface area (Å²) in [4.78, 5) is 16.4. The first-order valence-electron chi connectivity index (χ1n) is 10.0. The Hall–Kier alpha value is -1.83. The van der Waals surface area contributed by atoms with Crippen LogP contribution in [0.15, 0.2) is 58.3 Å². The molecular formula is C22H26N2O3S2. The van der Waals surface area contributed by atoms with Crippen LogP contribution in [0.5, 0.6) is 0 Å². The van der Waals surface area contributed by atoms with E-state index in [4.69, 9.17) is 0 Å². The van der Waals surface area contributed by atoms with Gasteiger partial charge in [0.25, 0.3) is 0 Å². The zero-order valence-electron chi connectivity index (χ0n) is 16.6. The van der Waals surface area contributed by atoms with Crippen LogP contribution in [0.4, 0.5) is 5.69 Å². The third kappa shape index (κ3) is 4.09. The largest absolute Gasteiger partial charge is 0.312 e. The van der Waals surface area contributed by atoms with E-state index < -0.39 is 10.0 Å². The van der Waals surface area contributed by atoms with Gasteiger partial charge in [0, 0.05) is 36.1 Å². The van der Waals surface area contributed by atoms with Crippen molar-refractivity contribution in [3.05, 3.63) is 54.1 Å². The Labute approximate surface area is 177 Å². The molecule has 0 atom stereocenters. The second kappa shape index (κ2) is 8.50. The lowest BCUT2D eigenvalue weighted by Gasteiger charge is -2.36. The highest BCUT2D eigenvalue weighted by Gasteiger charge is 2.35. The number of rotatable bonds is 4. The first kappa shape index (κ1) is 20.4. The molecule has 0 spiro atoms. The minimum atomic E-state index is -3.51. The molecule has 0 N–H and O–H groups in total. The monoisotopic (exact) mass is 430 g/mol. The molecule has 2 heterocycles. The van der Waals surface area contributed by atoms with E-state index in [2.05, 4.69) is 6.07 Å². The van der Waals surface area contributed by atoms with Crippen LogP contribution in [0.3, 0.4) is 0 Å². The summed E-state index contributed by atoms with van der Waals surface area (Å²) in [6.07, 6.45) is 5.08. The van der Waals surface area contributed by atoms with Gasteiger partial charge in [-0.15, -0.1) is 11.8 Å². The number of aryl methyl sites for hydroxylation is 1. The lowest BCUT2D eigenvalue weighted by molar-refractivity contribution is -0.123. The molecule has 154 valence electrons. The van der Waals surface area contributed by atoms with Gasteiger partial charge < -0.3 is 4.90 Å². The van der Waals surface area contributed by atoms with Gasteiger partial charge in [-0.1, -0.05) is 18.2 Å². The normalized spacial score (nSPS) is 18.4. The second-order valence-corrected chi connectivity index (χ2v) is 10.4. The van der Waals surface area contributed by atoms with Crippen molar-refractivity contribution in [3.63, 3.8) is 0 Å². The van der Waals surface area contributed by atoms with Crippen LogP contribution in [0.2, 0.25) is 0 Å². The van der Waals surface area contributed by atoms with Crippen LogP contribution < -0.4 is 4.90 Å². The molecule has 0 bridgehead atoms. The van der Waals surface area contributed by atoms with E-state index >= 15 is 0 Å². The maximum atomic E-state index is 13.2. The molecule has 2 aliphatic rings. The van der Waals surface area contributed by atoms with Crippen LogP contribution in [-0.2, 0) is 21.2 Å². The fraction of sp³-hybridized carbons (Fsp3) is 0.409. The second-order valence-electron chi connectivity index (χ2n) is 7.58. The van der Waals surface area contributed by atoms with E-state index in [9.17, 15) is 13.2 Å². The van der Waals surface area contributed by atoms with E-state index in [1.165, 1.54) is 9.87 Å². The minimum absolute atomic E-state index is 0.119. The van der Waals surface area contributed by atoms with Gasteiger partial charge in [-0.05, 0) is 67.8 Å². The van der Waals surface area contributed by atoms with Gasteiger partial charge in [0.05, 0.1) is 4.90 Å². The summed E-state index contributed by atoms with van der Waals surface area (Å²) in [7, 11) is -3.51. The van der Waals surface area contributed by atoms with Crippen molar-refractivity contribution >= 4 is 33.4 Å². The molecule has 5 nitrogen and oxygen atoms in total. The molecule has 2 aromatic carbocycles. The minimum Gasteiger partial charge on any atom is -0.312 e. The van der Waals surface area contributed by atoms with Crippen LogP contribution in [0, 0.1) is 5.92 Å². The number of nitrogens with zero attached hydrogens (tertiary/aromatic N) is 2. The van der Waals surface area contributed by atoms with Gasteiger partial charge >= 0.3 is 0 Å². The van der Waals surface area contributed by atoms with Gasteiger partial charge in [0.1, 0.15) is 0 Å². The number of carbonyl (C=O) groups excluding carboxylic acids is 1. The van der Waals surface area contributed by atoms with Gasteiger partial charge in [-0.3, -0.25) is 4.79 Å². The van der Waals surface area contributed by atoms with Gasteiger partial charge in [-0.2, -0.15) is 4.31 Å². The van der Waals surface area contributed by atoms with Crippen molar-refractivity contribution in [1.82, 2.24) is 4.31 Å². The summed E-state index contributed by atoms with van der Waals surface area (Å²) in [5, 5.41) is 0. The lowest BCUT2D eigenvalue weighted by Crippen LogP contribution is -2.45. The molecule has 0 unspecified atom stereocenters. The van der Waals surface area contributed by atoms with Crippen molar-refractivity contribution in [2.45, 2.75) is 35.5 Å². The van der Waals surface area contributed by atoms with E-state index in [1.54, 1.807) is 23.9 Å². The number of benzene rings is 2. The lowest BCUT2D eigenvalue weighted by atomic mass is 9.94. The Balaban J connectivity index is 1.43. The number of thioether (sulfide) groups is 1. The number of hydrogen-bond acceptors (Lipinski definition) is 4. The average Bonchev–Trinajstić information content (AvgIpc) is 2.78. The SMILES string of the molecule is CSc1ccc(S(=O)(=O)N2CCC(C(=O)N3CCCc4ccccc43)CC2)cc1. The Morgan fingerprint density at radius 2 is 1.69 bits per heavy atom. The van der Waals surface area contributed by atoms with Crippen molar-refractivity contribution in [2.24, 2.45) is 5.92 Å². The Morgan fingerprint density at radius 1 is 1.00 bits per heavy atom. The summed E-state index contributed by atoms with van der Waals surface area (Å²) in [6.45, 7) is 1.52. The predicted molar refractivity (Wildman–Crippen MR) is 117 cm³/mol. The molecule has 1 saturated heterocycles. The van der Waals surface area contributed by atoms with Crippen LogP contribution in [0.25, 0.3) is 0 Å². The zero-order valence-corrected chi connectivity index (χ0v) is 18.2. The van der Waals surface area contributed by atoms with Crippen LogP contribution in [-0.4, -0.2) is 44.5 Å². The number of carbonyl (C=O) groups is 1. The Kier molecular flexibility index (Phi) is 5.99. The van der Waals surface area contributed by atoms with E-state index in [0.717, 1.165) is 30.0 Å². The molecule has 0 radical (unpaired) electrons. The first-order chi connectivity index (χ1) is 14.0. The Bertz CT molecular complexity index is 981. The number of anilines is 1. The molecule has 1 amide bonds. The molecule has 2 aromatic rings. The Morgan fingerprint density at radius 3 is 2.38 bits per heavy atom. The van der Waals surface area contributed by atoms with E-state index in [1.807, 2.05) is 41.5 Å². The molecular weight excluding hydrogens is 404 g/mol. The summed E-state index contributed by atoms with van der Waals surface area (Å²) in [5.74, 6) is 0.0185. The van der Waals surface area contributed by atoms with Crippen LogP contribution in [0.1, 0.15) is 24.8 Å². The number of para-hydroxylation sites is 1. The molecule has 4 rings (SSSR count). The molecule has 7 heteroatoms. The molecule has 0 saturated carbocycles. The highest BCUT2D eigenvalue weighted by Crippen LogP contribution is 2.31. The van der Waals surface area contributed by atoms with Crippen LogP contribution >= 0.6 is 11.8 Å². The fourth-order valence-electron chi connectivity index (χ4n) is 4.22. The maximum absolute atomic E-state index is 13.2. The number of hydrogen-bond donors (Lipinski definition) is 0. The van der Waals surface area contributed by atoms with Crippen molar-refractivity contribution in [1.29, 1.82) is 0 Å². The summed E-state index contributed by atoms with van der Waals surface area (Å²) in [5.41, 5.74) is 2.24. The van der Waals surface area contributed by atoms with Crippen molar-refractivity contribution < 1.29 is 13.2 Å². The molecule has 1 fully saturated rings. The van der Waals surface area contributed by atoms with E-state index in [0.29, 0.717) is 30.8 Å². The predicted octanol–water partition coefficient (Wildman–Crippen LogP) is 3.79. The summed E-state index contributed by atoms with van der Waals surface area (Å²) in [6, 6.07) is 15.1. The number of amides is 1. The van der Waals surface area contributed by atoms with Gasteiger partial charge in [0.15, 0.2) is 0 Å². The highest BCUT2D eigenvalue weighted by molar-refractivity contribution is 7.98. The summed E-state index contributed by atoms with van der Waals surface area (Å²) >= 11 is 1.59. The standard InChI is InChI=1S/C22H26N2O3S2/c1-28-19-8-10-20(11-9-19)29(26,27)23-15-12-18(13-16-23)22(25)24-14-4-6-17-5-2-3-7-21(17)24/h2-3,5,7-11,18H,4,6,12-16H2,1H3. The van der Waals surface area contributed by atoms with Gasteiger partial charge in [0.2, 0.25) is 15.9 Å². The zero-order chi connectivity index (χ0) is 20.4. The first-order valence-corrected chi connectivity index (χ1v) is 12.7. The number of piperidine rings is 1.